The van der Waals surface area contributed by atoms with Crippen LogP contribution in [0.3, 0.4) is 0 Å². The van der Waals surface area contributed by atoms with E-state index in [2.05, 4.69) is 12.2 Å². The van der Waals surface area contributed by atoms with E-state index < -0.39 is 0 Å². The summed E-state index contributed by atoms with van der Waals surface area (Å²) in [5.74, 6) is 1.63. The molecule has 1 aromatic heterocycles. The highest BCUT2D eigenvalue weighted by atomic mass is 35.5. The van der Waals surface area contributed by atoms with Gasteiger partial charge < -0.3 is 9.73 Å². The molecule has 1 N–H and O–H groups in total. The molecule has 17 heavy (non-hydrogen) atoms. The molecule has 0 atom stereocenters. The molecule has 0 bridgehead atoms. The first-order valence-electron chi connectivity index (χ1n) is 5.45. The number of nitrogens with one attached hydrogen (secondary N) is 1. The smallest absolute Gasteiger partial charge is 0.135 e. The highest BCUT2D eigenvalue weighted by Crippen LogP contribution is 2.31. The number of hydrogen-bond acceptors (Lipinski definition) is 2. The molecule has 0 fully saturated rings. The summed E-state index contributed by atoms with van der Waals surface area (Å²) in [5.41, 5.74) is 0.821. The van der Waals surface area contributed by atoms with Gasteiger partial charge >= 0.3 is 0 Å². The molecule has 0 saturated carbocycles. The third kappa shape index (κ3) is 3.03. The molecule has 0 unspecified atom stereocenters. The van der Waals surface area contributed by atoms with Crippen molar-refractivity contribution >= 4 is 23.2 Å². The van der Waals surface area contributed by atoms with Gasteiger partial charge in [0.25, 0.3) is 0 Å². The van der Waals surface area contributed by atoms with Crippen molar-refractivity contribution in [2.24, 2.45) is 0 Å². The van der Waals surface area contributed by atoms with E-state index in [0.29, 0.717) is 16.6 Å². The van der Waals surface area contributed by atoms with Gasteiger partial charge in [0.1, 0.15) is 11.5 Å². The minimum atomic E-state index is 0.638. The van der Waals surface area contributed by atoms with Crippen molar-refractivity contribution in [3.8, 4) is 11.3 Å². The first-order valence-corrected chi connectivity index (χ1v) is 6.21. The highest BCUT2D eigenvalue weighted by Gasteiger charge is 2.09. The molecule has 1 aromatic carbocycles. The van der Waals surface area contributed by atoms with E-state index in [1.807, 2.05) is 12.1 Å². The number of hydrogen-bond donors (Lipinski definition) is 1. The van der Waals surface area contributed by atoms with Gasteiger partial charge in [0, 0.05) is 10.6 Å². The lowest BCUT2D eigenvalue weighted by atomic mass is 10.2. The minimum Gasteiger partial charge on any atom is -0.460 e. The van der Waals surface area contributed by atoms with Gasteiger partial charge in [0.05, 0.1) is 11.6 Å². The Morgan fingerprint density at radius 2 is 2.00 bits per heavy atom. The lowest BCUT2D eigenvalue weighted by molar-refractivity contribution is 0.498. The van der Waals surface area contributed by atoms with Crippen molar-refractivity contribution < 1.29 is 4.42 Å². The summed E-state index contributed by atoms with van der Waals surface area (Å²) in [4.78, 5) is 0. The topological polar surface area (TPSA) is 25.2 Å². The van der Waals surface area contributed by atoms with Crippen molar-refractivity contribution in [1.29, 1.82) is 0 Å². The van der Waals surface area contributed by atoms with E-state index in [1.165, 1.54) is 0 Å². The third-order valence-electron chi connectivity index (χ3n) is 2.40. The minimum absolute atomic E-state index is 0.638. The van der Waals surface area contributed by atoms with Crippen LogP contribution in [0.4, 0.5) is 0 Å². The molecule has 0 aliphatic heterocycles. The predicted molar refractivity (Wildman–Crippen MR) is 71.5 cm³/mol. The third-order valence-corrected chi connectivity index (χ3v) is 2.97. The summed E-state index contributed by atoms with van der Waals surface area (Å²) in [5, 5.41) is 4.49. The normalized spacial score (nSPS) is 10.8. The van der Waals surface area contributed by atoms with Gasteiger partial charge in [0.15, 0.2) is 0 Å². The highest BCUT2D eigenvalue weighted by molar-refractivity contribution is 6.35. The maximum atomic E-state index is 6.11. The molecule has 4 heteroatoms. The number of halogens is 2. The standard InChI is InChI=1S/C13H13Cl2NO/c1-2-16-8-10-4-6-13(17-10)11-7-9(14)3-5-12(11)15/h3-7,16H,2,8H2,1H3. The Morgan fingerprint density at radius 3 is 2.76 bits per heavy atom. The molecule has 1 heterocycles. The zero-order valence-corrected chi connectivity index (χ0v) is 11.0. The number of furan rings is 1. The summed E-state index contributed by atoms with van der Waals surface area (Å²) in [6.07, 6.45) is 0. The van der Waals surface area contributed by atoms with Crippen LogP contribution in [-0.2, 0) is 6.54 Å². The van der Waals surface area contributed by atoms with E-state index in [-0.39, 0.29) is 0 Å². The lowest BCUT2D eigenvalue weighted by Gasteiger charge is -2.02. The Bertz CT molecular complexity index is 508. The molecule has 0 aliphatic carbocycles. The van der Waals surface area contributed by atoms with E-state index in [9.17, 15) is 0 Å². The van der Waals surface area contributed by atoms with Crippen molar-refractivity contribution in [2.75, 3.05) is 6.54 Å². The van der Waals surface area contributed by atoms with Gasteiger partial charge in [-0.1, -0.05) is 30.1 Å². The van der Waals surface area contributed by atoms with Crippen molar-refractivity contribution in [2.45, 2.75) is 13.5 Å². The van der Waals surface area contributed by atoms with Gasteiger partial charge in [-0.05, 0) is 36.9 Å². The maximum absolute atomic E-state index is 6.11. The average Bonchev–Trinajstić information content (AvgIpc) is 2.78. The molecule has 2 aromatic rings. The number of rotatable bonds is 4. The van der Waals surface area contributed by atoms with Crippen LogP contribution in [0.25, 0.3) is 11.3 Å². The van der Waals surface area contributed by atoms with Crippen LogP contribution >= 0.6 is 23.2 Å². The van der Waals surface area contributed by atoms with Gasteiger partial charge in [-0.2, -0.15) is 0 Å². The van der Waals surface area contributed by atoms with Crippen LogP contribution in [-0.4, -0.2) is 6.54 Å². The van der Waals surface area contributed by atoms with Gasteiger partial charge in [0.2, 0.25) is 0 Å². The Hall–Kier alpha value is -0.960. The molecular weight excluding hydrogens is 257 g/mol. The second kappa shape index (κ2) is 5.58. The fraction of sp³-hybridized carbons (Fsp3) is 0.231. The second-order valence-electron chi connectivity index (χ2n) is 3.67. The zero-order chi connectivity index (χ0) is 12.3. The Morgan fingerprint density at radius 1 is 1.18 bits per heavy atom. The van der Waals surface area contributed by atoms with E-state index in [4.69, 9.17) is 27.6 Å². The molecule has 2 rings (SSSR count). The lowest BCUT2D eigenvalue weighted by Crippen LogP contribution is -2.10. The van der Waals surface area contributed by atoms with Crippen LogP contribution in [0.15, 0.2) is 34.7 Å². The van der Waals surface area contributed by atoms with E-state index >= 15 is 0 Å². The van der Waals surface area contributed by atoms with Crippen LogP contribution in [0, 0.1) is 0 Å². The largest absolute Gasteiger partial charge is 0.460 e. The van der Waals surface area contributed by atoms with Crippen LogP contribution in [0.1, 0.15) is 12.7 Å². The average molecular weight is 270 g/mol. The molecule has 0 radical (unpaired) electrons. The van der Waals surface area contributed by atoms with Crippen LogP contribution in [0.2, 0.25) is 10.0 Å². The monoisotopic (exact) mass is 269 g/mol. The summed E-state index contributed by atoms with van der Waals surface area (Å²) < 4.78 is 5.70. The summed E-state index contributed by atoms with van der Waals surface area (Å²) in [6, 6.07) is 9.18. The number of benzene rings is 1. The molecule has 0 saturated heterocycles. The fourth-order valence-corrected chi connectivity index (χ4v) is 1.93. The van der Waals surface area contributed by atoms with Crippen molar-refractivity contribution in [3.05, 3.63) is 46.1 Å². The quantitative estimate of drug-likeness (QED) is 0.892. The Balaban J connectivity index is 2.27. The SMILES string of the molecule is CCNCc1ccc(-c2cc(Cl)ccc2Cl)o1. The van der Waals surface area contributed by atoms with Crippen molar-refractivity contribution in [1.82, 2.24) is 5.32 Å². The second-order valence-corrected chi connectivity index (χ2v) is 4.51. The predicted octanol–water partition coefficient (Wildman–Crippen LogP) is 4.36. The Labute approximate surface area is 111 Å². The van der Waals surface area contributed by atoms with Gasteiger partial charge in [-0.25, -0.2) is 0 Å². The maximum Gasteiger partial charge on any atom is 0.135 e. The molecular formula is C13H13Cl2NO. The summed E-state index contributed by atoms with van der Waals surface area (Å²) >= 11 is 12.1. The first-order chi connectivity index (χ1) is 8.20. The summed E-state index contributed by atoms with van der Waals surface area (Å²) in [7, 11) is 0. The zero-order valence-electron chi connectivity index (χ0n) is 9.47. The van der Waals surface area contributed by atoms with Crippen LogP contribution < -0.4 is 5.32 Å². The Kier molecular flexibility index (Phi) is 4.11. The van der Waals surface area contributed by atoms with Gasteiger partial charge in [-0.3, -0.25) is 0 Å². The van der Waals surface area contributed by atoms with E-state index in [0.717, 1.165) is 23.6 Å². The van der Waals surface area contributed by atoms with Gasteiger partial charge in [-0.15, -0.1) is 0 Å². The molecule has 90 valence electrons. The molecule has 0 aliphatic rings. The molecule has 0 spiro atoms. The summed E-state index contributed by atoms with van der Waals surface area (Å²) in [6.45, 7) is 3.68. The molecule has 0 amide bonds. The fourth-order valence-electron chi connectivity index (χ4n) is 1.55. The first kappa shape index (κ1) is 12.5. The van der Waals surface area contributed by atoms with E-state index in [1.54, 1.807) is 18.2 Å². The molecule has 2 nitrogen and oxygen atoms in total. The van der Waals surface area contributed by atoms with Crippen LogP contribution in [0.5, 0.6) is 0 Å². The van der Waals surface area contributed by atoms with Crippen molar-refractivity contribution in [3.63, 3.8) is 0 Å².